The number of rotatable bonds is 0. The maximum Gasteiger partial charge on any atom is 0.586 e. The molecule has 5 aromatic carbocycles. The molecule has 0 saturated heterocycles. The molecule has 5 aliphatic heterocycles. The Hall–Kier alpha value is -5.84. The average Bonchev–Trinajstić information content (AvgIpc) is 3.89. The van der Waals surface area contributed by atoms with E-state index in [0.717, 1.165) is 51.8 Å². The van der Waals surface area contributed by atoms with Crippen LogP contribution in [0.15, 0.2) is 91.0 Å². The number of hydrogen-bond donors (Lipinski definition) is 0. The van der Waals surface area contributed by atoms with Crippen molar-refractivity contribution in [2.45, 2.75) is 163 Å². The number of halogens is 6. The molecule has 0 radical (unpaired) electrons. The van der Waals surface area contributed by atoms with Gasteiger partial charge in [0.05, 0.1) is 18.8 Å². The Morgan fingerprint density at radius 1 is 0.338 bits per heavy atom. The molecule has 0 amide bonds. The van der Waals surface area contributed by atoms with E-state index in [4.69, 9.17) is 28.4 Å². The molecule has 0 spiro atoms. The highest BCUT2D eigenvalue weighted by atomic mass is 19.3. The van der Waals surface area contributed by atoms with Crippen molar-refractivity contribution in [2.75, 3.05) is 20.4 Å². The van der Waals surface area contributed by atoms with Gasteiger partial charge in [0.1, 0.15) is 17.2 Å². The maximum absolute atomic E-state index is 13.5. The van der Waals surface area contributed by atoms with Gasteiger partial charge in [-0.15, -0.1) is 17.6 Å². The van der Waals surface area contributed by atoms with E-state index in [1.165, 1.54) is 28.8 Å². The monoisotopic (exact) mass is 1040 g/mol. The minimum absolute atomic E-state index is 0.0907. The predicted molar refractivity (Wildman–Crippen MR) is 269 cm³/mol. The second-order valence-corrected chi connectivity index (χ2v) is 23.4. The smallest absolute Gasteiger partial charge is 0.467 e. The van der Waals surface area contributed by atoms with E-state index >= 15 is 0 Å². The fourth-order valence-corrected chi connectivity index (χ4v) is 7.53. The number of fused-ring (bicyclic) bond motifs is 5. The van der Waals surface area contributed by atoms with Crippen molar-refractivity contribution < 1.29 is 73.7 Å². The molecule has 0 unspecified atom stereocenters. The van der Waals surface area contributed by atoms with E-state index in [9.17, 15) is 26.3 Å². The number of ether oxygens (including phenoxy) is 10. The maximum atomic E-state index is 13.5. The third kappa shape index (κ3) is 15.2. The molecule has 16 heteroatoms. The molecule has 0 fully saturated rings. The average molecular weight is 1040 g/mol. The molecule has 10 rings (SSSR count). The first-order valence-electron chi connectivity index (χ1n) is 24.3. The minimum Gasteiger partial charge on any atom is -0.467 e. The normalized spacial score (nSPS) is 17.4. The van der Waals surface area contributed by atoms with E-state index < -0.39 is 30.0 Å². The van der Waals surface area contributed by atoms with Gasteiger partial charge < -0.3 is 42.6 Å². The molecule has 0 bridgehead atoms. The molecular formula is C58H70F6O10. The Balaban J connectivity index is 0.000000151. The first-order valence-corrected chi connectivity index (χ1v) is 24.3. The lowest BCUT2D eigenvalue weighted by Gasteiger charge is -2.31. The predicted octanol–water partition coefficient (Wildman–Crippen LogP) is 15.7. The van der Waals surface area contributed by atoms with E-state index in [1.807, 2.05) is 53.7 Å². The van der Waals surface area contributed by atoms with Crippen LogP contribution in [-0.4, -0.2) is 33.0 Å². The van der Waals surface area contributed by atoms with Gasteiger partial charge in [-0.05, 0) is 109 Å². The highest BCUT2D eigenvalue weighted by Crippen LogP contribution is 2.48. The second-order valence-electron chi connectivity index (χ2n) is 23.4. The molecule has 0 aromatic heterocycles. The van der Waals surface area contributed by atoms with Crippen LogP contribution in [0.5, 0.6) is 40.2 Å². The lowest BCUT2D eigenvalue weighted by atomic mass is 9.86. The molecule has 0 N–H and O–H groups in total. The van der Waals surface area contributed by atoms with Gasteiger partial charge in [0, 0.05) is 11.1 Å². The van der Waals surface area contributed by atoms with Gasteiger partial charge in [-0.3, -0.25) is 0 Å². The molecule has 5 aliphatic rings. The van der Waals surface area contributed by atoms with Gasteiger partial charge >= 0.3 is 18.7 Å². The summed E-state index contributed by atoms with van der Waals surface area (Å²) in [6.07, 6.45) is -11.9. The molecule has 10 nitrogen and oxygen atoms in total. The van der Waals surface area contributed by atoms with Crippen molar-refractivity contribution in [1.82, 2.24) is 0 Å². The Bertz CT molecular complexity index is 2670. The first-order chi connectivity index (χ1) is 34.0. The van der Waals surface area contributed by atoms with Crippen LogP contribution in [-0.2, 0) is 60.6 Å². The van der Waals surface area contributed by atoms with Crippen LogP contribution < -0.4 is 33.2 Å². The Kier molecular flexibility index (Phi) is 16.6. The third-order valence-corrected chi connectivity index (χ3v) is 12.1. The fraction of sp³-hybridized carbons (Fsp3) is 0.483. The summed E-state index contributed by atoms with van der Waals surface area (Å²) in [4.78, 5) is 0. The van der Waals surface area contributed by atoms with Crippen LogP contribution in [0.2, 0.25) is 0 Å². The van der Waals surface area contributed by atoms with Gasteiger partial charge in [0.15, 0.2) is 36.6 Å². The van der Waals surface area contributed by atoms with Crippen molar-refractivity contribution in [3.63, 3.8) is 0 Å². The topological polar surface area (TPSA) is 92.3 Å². The summed E-state index contributed by atoms with van der Waals surface area (Å²) in [7, 11) is 0. The van der Waals surface area contributed by atoms with Crippen LogP contribution >= 0.6 is 0 Å². The zero-order chi connectivity index (χ0) is 54.9. The third-order valence-electron chi connectivity index (χ3n) is 12.1. The van der Waals surface area contributed by atoms with Crippen LogP contribution in [0.3, 0.4) is 0 Å². The summed E-state index contributed by atoms with van der Waals surface area (Å²) < 4.78 is 126. The molecule has 0 saturated carbocycles. The number of benzene rings is 5. The summed E-state index contributed by atoms with van der Waals surface area (Å²) in [6, 6.07) is 27.4. The molecule has 5 heterocycles. The van der Waals surface area contributed by atoms with E-state index in [2.05, 4.69) is 124 Å². The highest BCUT2D eigenvalue weighted by molar-refractivity contribution is 5.48. The molecule has 0 aliphatic carbocycles. The fourth-order valence-electron chi connectivity index (χ4n) is 7.53. The van der Waals surface area contributed by atoms with Gasteiger partial charge in [-0.2, -0.15) is 8.78 Å². The van der Waals surface area contributed by atoms with Crippen molar-refractivity contribution in [3.05, 3.63) is 136 Å². The lowest BCUT2D eigenvalue weighted by Crippen LogP contribution is -2.41. The largest absolute Gasteiger partial charge is 0.586 e. The standard InChI is InChI=1S/C12H12F4O2.2C12H16O2.C11H12F2O2.C11H14O2/c1-10(2,3)7-4-5-9-8(6-7)11(13,14)18-12(15,16)17-9;1-12(2,3)10-4-5-11-9(6-10)7-13-8-14-11;1-12(2,3)10-5-4-9-7-13-8-14-11(9)6-10;1-10(2,3)7-4-5-8-9(6-7)15-11(12,13)14-8;1-11(2,3)8-4-5-9-10(6-8)13-7-12-9/h4-6H,1-3H3;2*4-6H,7-8H2,1-3H3;4-6H,1-3H3;4-6H,7H2,1-3H3. The quantitative estimate of drug-likeness (QED) is 0.140. The number of hydrogen-bond acceptors (Lipinski definition) is 10. The van der Waals surface area contributed by atoms with E-state index in [0.29, 0.717) is 39.2 Å². The summed E-state index contributed by atoms with van der Waals surface area (Å²) in [5, 5.41) is 0. The van der Waals surface area contributed by atoms with Crippen LogP contribution in [0.1, 0.15) is 148 Å². The summed E-state index contributed by atoms with van der Waals surface area (Å²) >= 11 is 0. The summed E-state index contributed by atoms with van der Waals surface area (Å²) in [6.45, 7) is 33.7. The van der Waals surface area contributed by atoms with Gasteiger partial charge in [0.25, 0.3) is 0 Å². The van der Waals surface area contributed by atoms with Crippen molar-refractivity contribution in [3.8, 4) is 40.2 Å². The van der Waals surface area contributed by atoms with Crippen LogP contribution in [0.25, 0.3) is 0 Å². The molecular weight excluding hydrogens is 971 g/mol. The Labute approximate surface area is 431 Å². The molecule has 0 atom stereocenters. The SMILES string of the molecule is CC(C)(C)c1ccc2c(c1)C(F)(F)OC(F)(F)O2.CC(C)(C)c1ccc2c(c1)COCO2.CC(C)(C)c1ccc2c(c1)OC(F)(F)O2.CC(C)(C)c1ccc2c(c1)OCO2.CC(C)(C)c1ccc2c(c1)OCOC2. The zero-order valence-electron chi connectivity index (χ0n) is 45.0. The van der Waals surface area contributed by atoms with Crippen molar-refractivity contribution in [1.29, 1.82) is 0 Å². The van der Waals surface area contributed by atoms with Crippen LogP contribution in [0, 0.1) is 0 Å². The lowest BCUT2D eigenvalue weighted by molar-refractivity contribution is -0.461. The van der Waals surface area contributed by atoms with Gasteiger partial charge in [-0.1, -0.05) is 140 Å². The Morgan fingerprint density at radius 3 is 1.27 bits per heavy atom. The van der Waals surface area contributed by atoms with Crippen molar-refractivity contribution >= 4 is 0 Å². The Morgan fingerprint density at radius 2 is 0.716 bits per heavy atom. The summed E-state index contributed by atoms with van der Waals surface area (Å²) in [5.74, 6) is 3.29. The molecule has 404 valence electrons. The zero-order valence-corrected chi connectivity index (χ0v) is 45.0. The van der Waals surface area contributed by atoms with Gasteiger partial charge in [-0.25, -0.2) is 4.74 Å². The highest BCUT2D eigenvalue weighted by Gasteiger charge is 2.54. The minimum atomic E-state index is -4.32. The molecule has 74 heavy (non-hydrogen) atoms. The van der Waals surface area contributed by atoms with E-state index in [-0.39, 0.29) is 38.6 Å². The van der Waals surface area contributed by atoms with Crippen LogP contribution in [0.4, 0.5) is 26.3 Å². The number of alkyl halides is 6. The van der Waals surface area contributed by atoms with Gasteiger partial charge in [0.2, 0.25) is 6.79 Å². The summed E-state index contributed by atoms with van der Waals surface area (Å²) in [5.41, 5.74) is 7.08. The van der Waals surface area contributed by atoms with Crippen molar-refractivity contribution in [2.24, 2.45) is 0 Å². The van der Waals surface area contributed by atoms with E-state index in [1.54, 1.807) is 12.1 Å². The molecule has 5 aromatic rings. The second kappa shape index (κ2) is 21.4. The first kappa shape index (κ1) is 57.4.